The van der Waals surface area contributed by atoms with Gasteiger partial charge in [-0.3, -0.25) is 0 Å². The highest BCUT2D eigenvalue weighted by Gasteiger charge is 2.07. The zero-order chi connectivity index (χ0) is 14.3. The summed E-state index contributed by atoms with van der Waals surface area (Å²) >= 11 is 4.24. The third-order valence-electron chi connectivity index (χ3n) is 2.58. The van der Waals surface area contributed by atoms with Gasteiger partial charge in [0, 0.05) is 5.75 Å². The molecule has 0 spiro atoms. The number of hydrogen-bond acceptors (Lipinski definition) is 7. The normalized spacial score (nSPS) is 26.6. The summed E-state index contributed by atoms with van der Waals surface area (Å²) in [5, 5.41) is 0. The standard InChI is InChI=1S/C13H26O6S/c20-12-13-11-18-8-7-16-4-3-14-1-2-15-5-6-17-9-10-19-13/h13,20H,1-12H2/t13-/m1/s1. The van der Waals surface area contributed by atoms with Crippen LogP contribution in [0.3, 0.4) is 0 Å². The van der Waals surface area contributed by atoms with E-state index in [0.717, 1.165) is 0 Å². The summed E-state index contributed by atoms with van der Waals surface area (Å²) in [6, 6.07) is 0. The van der Waals surface area contributed by atoms with Gasteiger partial charge < -0.3 is 28.4 Å². The second kappa shape index (κ2) is 14.1. The van der Waals surface area contributed by atoms with Crippen molar-refractivity contribution in [1.82, 2.24) is 0 Å². The molecule has 7 heteroatoms. The van der Waals surface area contributed by atoms with Gasteiger partial charge in [-0.1, -0.05) is 0 Å². The van der Waals surface area contributed by atoms with Gasteiger partial charge in [-0.2, -0.15) is 12.6 Å². The Balaban J connectivity index is 2.14. The molecule has 0 aromatic rings. The van der Waals surface area contributed by atoms with Crippen LogP contribution < -0.4 is 0 Å². The molecule has 1 heterocycles. The Hall–Kier alpha value is 0.110. The molecular weight excluding hydrogens is 284 g/mol. The van der Waals surface area contributed by atoms with E-state index >= 15 is 0 Å². The SMILES string of the molecule is SC[C@H]1COCCOCCOCCOCCOCCO1. The Kier molecular flexibility index (Phi) is 12.8. The second-order valence-corrected chi connectivity index (χ2v) is 4.56. The molecule has 1 rings (SSSR count). The Labute approximate surface area is 126 Å². The van der Waals surface area contributed by atoms with Crippen LogP contribution in [0.1, 0.15) is 0 Å². The summed E-state index contributed by atoms with van der Waals surface area (Å²) in [6.07, 6.45) is -0.0135. The molecule has 6 nitrogen and oxygen atoms in total. The maximum absolute atomic E-state index is 5.61. The summed E-state index contributed by atoms with van der Waals surface area (Å²) in [5.41, 5.74) is 0. The van der Waals surface area contributed by atoms with Crippen LogP contribution in [0.4, 0.5) is 0 Å². The van der Waals surface area contributed by atoms with Crippen LogP contribution in [0.2, 0.25) is 0 Å². The van der Waals surface area contributed by atoms with E-state index in [1.54, 1.807) is 0 Å². The lowest BCUT2D eigenvalue weighted by atomic mass is 10.4. The van der Waals surface area contributed by atoms with Crippen molar-refractivity contribution >= 4 is 12.6 Å². The first-order valence-corrected chi connectivity index (χ1v) is 7.68. The summed E-state index contributed by atoms with van der Waals surface area (Å²) in [5.74, 6) is 0.623. The van der Waals surface area contributed by atoms with Crippen LogP contribution in [0.5, 0.6) is 0 Å². The maximum atomic E-state index is 5.61. The fraction of sp³-hybridized carbons (Fsp3) is 1.00. The van der Waals surface area contributed by atoms with Crippen molar-refractivity contribution in [2.24, 2.45) is 0 Å². The van der Waals surface area contributed by atoms with Gasteiger partial charge >= 0.3 is 0 Å². The van der Waals surface area contributed by atoms with Gasteiger partial charge in [-0.25, -0.2) is 0 Å². The zero-order valence-corrected chi connectivity index (χ0v) is 12.9. The predicted octanol–water partition coefficient (Wildman–Crippen LogP) is 0.398. The third-order valence-corrected chi connectivity index (χ3v) is 2.98. The summed E-state index contributed by atoms with van der Waals surface area (Å²) in [7, 11) is 0. The van der Waals surface area contributed by atoms with Gasteiger partial charge in [-0.15, -0.1) is 0 Å². The monoisotopic (exact) mass is 310 g/mol. The number of ether oxygens (including phenoxy) is 6. The van der Waals surface area contributed by atoms with Crippen molar-refractivity contribution in [2.75, 3.05) is 78.4 Å². The molecule has 0 saturated carbocycles. The first-order chi connectivity index (χ1) is 9.93. The molecule has 0 unspecified atom stereocenters. The van der Waals surface area contributed by atoms with Crippen molar-refractivity contribution in [2.45, 2.75) is 6.10 Å². The smallest absolute Gasteiger partial charge is 0.0897 e. The molecule has 1 saturated heterocycles. The molecule has 0 aromatic carbocycles. The van der Waals surface area contributed by atoms with E-state index < -0.39 is 0 Å². The van der Waals surface area contributed by atoms with Crippen molar-refractivity contribution in [3.05, 3.63) is 0 Å². The van der Waals surface area contributed by atoms with Gasteiger partial charge in [-0.05, 0) is 0 Å². The van der Waals surface area contributed by atoms with E-state index in [9.17, 15) is 0 Å². The molecule has 1 aliphatic rings. The fourth-order valence-corrected chi connectivity index (χ4v) is 1.73. The van der Waals surface area contributed by atoms with E-state index in [4.69, 9.17) is 28.4 Å². The number of thiol groups is 1. The fourth-order valence-electron chi connectivity index (χ4n) is 1.52. The Morgan fingerprint density at radius 2 is 1.00 bits per heavy atom. The van der Waals surface area contributed by atoms with E-state index in [0.29, 0.717) is 78.4 Å². The quantitative estimate of drug-likeness (QED) is 0.708. The van der Waals surface area contributed by atoms with Gasteiger partial charge in [0.15, 0.2) is 0 Å². The Morgan fingerprint density at radius 1 is 0.600 bits per heavy atom. The summed E-state index contributed by atoms with van der Waals surface area (Å²) in [6.45, 7) is 6.13. The Morgan fingerprint density at radius 3 is 1.45 bits per heavy atom. The minimum absolute atomic E-state index is 0.0135. The molecular formula is C13H26O6S. The lowest BCUT2D eigenvalue weighted by Crippen LogP contribution is -2.25. The first kappa shape index (κ1) is 18.2. The van der Waals surface area contributed by atoms with Gasteiger partial charge in [0.05, 0.1) is 78.8 Å². The molecule has 20 heavy (non-hydrogen) atoms. The van der Waals surface area contributed by atoms with Gasteiger partial charge in [0.2, 0.25) is 0 Å². The topological polar surface area (TPSA) is 55.4 Å². The van der Waals surface area contributed by atoms with E-state index in [1.807, 2.05) is 0 Å². The minimum Gasteiger partial charge on any atom is -0.377 e. The van der Waals surface area contributed by atoms with Crippen LogP contribution >= 0.6 is 12.6 Å². The summed E-state index contributed by atoms with van der Waals surface area (Å²) in [4.78, 5) is 0. The highest BCUT2D eigenvalue weighted by Crippen LogP contribution is 1.97. The van der Waals surface area contributed by atoms with Gasteiger partial charge in [0.25, 0.3) is 0 Å². The van der Waals surface area contributed by atoms with E-state index in [-0.39, 0.29) is 6.10 Å². The highest BCUT2D eigenvalue weighted by atomic mass is 32.1. The molecule has 1 aliphatic heterocycles. The minimum atomic E-state index is -0.0135. The average Bonchev–Trinajstić information content (AvgIpc) is 2.47. The third kappa shape index (κ3) is 10.8. The number of rotatable bonds is 1. The molecule has 0 N–H and O–H groups in total. The largest absolute Gasteiger partial charge is 0.377 e. The lowest BCUT2D eigenvalue weighted by molar-refractivity contribution is -0.0537. The lowest BCUT2D eigenvalue weighted by Gasteiger charge is -2.16. The summed E-state index contributed by atoms with van der Waals surface area (Å²) < 4.78 is 32.6. The molecule has 0 bridgehead atoms. The molecule has 1 atom stereocenters. The maximum Gasteiger partial charge on any atom is 0.0897 e. The first-order valence-electron chi connectivity index (χ1n) is 7.04. The zero-order valence-electron chi connectivity index (χ0n) is 12.0. The predicted molar refractivity (Wildman–Crippen MR) is 77.7 cm³/mol. The van der Waals surface area contributed by atoms with Crippen molar-refractivity contribution in [1.29, 1.82) is 0 Å². The van der Waals surface area contributed by atoms with Crippen LogP contribution in [0.25, 0.3) is 0 Å². The molecule has 120 valence electrons. The van der Waals surface area contributed by atoms with Crippen LogP contribution in [-0.4, -0.2) is 84.5 Å². The number of hydrogen-bond donors (Lipinski definition) is 1. The second-order valence-electron chi connectivity index (χ2n) is 4.20. The molecule has 1 fully saturated rings. The van der Waals surface area contributed by atoms with Crippen molar-refractivity contribution in [3.63, 3.8) is 0 Å². The van der Waals surface area contributed by atoms with Crippen LogP contribution in [0.15, 0.2) is 0 Å². The van der Waals surface area contributed by atoms with Crippen molar-refractivity contribution in [3.8, 4) is 0 Å². The van der Waals surface area contributed by atoms with Gasteiger partial charge in [0.1, 0.15) is 0 Å². The van der Waals surface area contributed by atoms with Crippen LogP contribution in [-0.2, 0) is 28.4 Å². The van der Waals surface area contributed by atoms with Crippen LogP contribution in [0, 0.1) is 0 Å². The molecule has 0 radical (unpaired) electrons. The highest BCUT2D eigenvalue weighted by molar-refractivity contribution is 7.80. The molecule has 0 aromatic heterocycles. The Bertz CT molecular complexity index is 189. The van der Waals surface area contributed by atoms with Crippen molar-refractivity contribution < 1.29 is 28.4 Å². The van der Waals surface area contributed by atoms with E-state index in [1.165, 1.54) is 0 Å². The average molecular weight is 310 g/mol. The molecule has 0 amide bonds. The van der Waals surface area contributed by atoms with E-state index in [2.05, 4.69) is 12.6 Å². The molecule has 0 aliphatic carbocycles.